The van der Waals surface area contributed by atoms with Crippen molar-refractivity contribution < 1.29 is 8.42 Å². The molecule has 0 atom stereocenters. The Kier molecular flexibility index (Phi) is 5.11. The Morgan fingerprint density at radius 1 is 1.15 bits per heavy atom. The van der Waals surface area contributed by atoms with Gasteiger partial charge in [-0.05, 0) is 18.2 Å². The van der Waals surface area contributed by atoms with E-state index < -0.39 is 10.0 Å². The molecule has 1 fully saturated rings. The second-order valence-electron chi connectivity index (χ2n) is 5.11. The molecule has 1 saturated heterocycles. The number of hydrogen-bond donors (Lipinski definition) is 2. The molecule has 0 spiro atoms. The molecule has 1 aromatic carbocycles. The van der Waals surface area contributed by atoms with Gasteiger partial charge in [0.25, 0.3) is 0 Å². The van der Waals surface area contributed by atoms with E-state index in [1.54, 1.807) is 5.01 Å². The summed E-state index contributed by atoms with van der Waals surface area (Å²) in [4.78, 5) is 4.83. The fourth-order valence-electron chi connectivity index (χ4n) is 2.23. The second-order valence-corrected chi connectivity index (χ2v) is 6.81. The van der Waals surface area contributed by atoms with E-state index in [0.29, 0.717) is 19.6 Å². The van der Waals surface area contributed by atoms with Crippen molar-refractivity contribution in [1.29, 1.82) is 0 Å². The molecule has 2 rings (SSSR count). The second kappa shape index (κ2) is 6.64. The fourth-order valence-corrected chi connectivity index (χ4v) is 3.56. The van der Waals surface area contributed by atoms with E-state index in [1.165, 1.54) is 0 Å². The lowest BCUT2D eigenvalue weighted by molar-refractivity contribution is 0.134. The number of hydrogen-bond acceptors (Lipinski definition) is 5. The molecular formula is C13H22N4O2S. The molecule has 0 saturated carbocycles. The topological polar surface area (TPSA) is 78.7 Å². The van der Waals surface area contributed by atoms with Crippen LogP contribution in [0.1, 0.15) is 11.1 Å². The van der Waals surface area contributed by atoms with Crippen molar-refractivity contribution in [2.75, 3.05) is 33.2 Å². The van der Waals surface area contributed by atoms with Gasteiger partial charge >= 0.3 is 0 Å². The van der Waals surface area contributed by atoms with Crippen molar-refractivity contribution in [1.82, 2.24) is 14.7 Å². The smallest absolute Gasteiger partial charge is 0.228 e. The molecule has 3 N–H and O–H groups in total. The molecule has 1 aliphatic rings. The maximum atomic E-state index is 12.2. The van der Waals surface area contributed by atoms with Crippen LogP contribution in [-0.4, -0.2) is 51.6 Å². The predicted molar refractivity (Wildman–Crippen MR) is 79.2 cm³/mol. The quantitative estimate of drug-likeness (QED) is 0.782. The van der Waals surface area contributed by atoms with E-state index in [4.69, 9.17) is 5.73 Å². The van der Waals surface area contributed by atoms with E-state index in [9.17, 15) is 8.42 Å². The summed E-state index contributed by atoms with van der Waals surface area (Å²) < 4.78 is 24.4. The highest BCUT2D eigenvalue weighted by Crippen LogP contribution is 2.12. The lowest BCUT2D eigenvalue weighted by Gasteiger charge is -2.32. The van der Waals surface area contributed by atoms with Gasteiger partial charge in [0.2, 0.25) is 10.0 Å². The van der Waals surface area contributed by atoms with Gasteiger partial charge in [-0.15, -0.1) is 4.83 Å². The van der Waals surface area contributed by atoms with Gasteiger partial charge in [0.15, 0.2) is 0 Å². The molecule has 0 unspecified atom stereocenters. The summed E-state index contributed by atoms with van der Waals surface area (Å²) in [5.74, 6) is -0.0350. The van der Waals surface area contributed by atoms with E-state index >= 15 is 0 Å². The predicted octanol–water partition coefficient (Wildman–Crippen LogP) is -0.273. The number of hydrazine groups is 1. The highest BCUT2D eigenvalue weighted by atomic mass is 32.2. The Morgan fingerprint density at radius 2 is 1.75 bits per heavy atom. The van der Waals surface area contributed by atoms with Crippen molar-refractivity contribution in [2.45, 2.75) is 12.3 Å². The van der Waals surface area contributed by atoms with Crippen LogP contribution in [0, 0.1) is 0 Å². The highest BCUT2D eigenvalue weighted by molar-refractivity contribution is 7.88. The minimum absolute atomic E-state index is 0.0350. The maximum absolute atomic E-state index is 12.2. The third-order valence-corrected chi connectivity index (χ3v) is 4.68. The molecule has 0 radical (unpaired) electrons. The standard InChI is InChI=1S/C13H22N4O2S/c1-16-6-8-17(9-7-16)15-20(18,19)11-13-5-3-2-4-12(13)10-14/h2-5,15H,6-11,14H2,1H3. The van der Waals surface area contributed by atoms with E-state index in [2.05, 4.69) is 9.73 Å². The Balaban J connectivity index is 2.00. The summed E-state index contributed by atoms with van der Waals surface area (Å²) in [7, 11) is -1.35. The third-order valence-electron chi connectivity index (χ3n) is 3.46. The summed E-state index contributed by atoms with van der Waals surface area (Å²) in [5, 5.41) is 1.76. The molecule has 1 aromatic rings. The van der Waals surface area contributed by atoms with Crippen molar-refractivity contribution >= 4 is 10.0 Å². The van der Waals surface area contributed by atoms with Crippen LogP contribution in [0.15, 0.2) is 24.3 Å². The van der Waals surface area contributed by atoms with Crippen LogP contribution in [0.2, 0.25) is 0 Å². The number of nitrogens with one attached hydrogen (secondary N) is 1. The summed E-state index contributed by atoms with van der Waals surface area (Å²) in [6, 6.07) is 7.37. The maximum Gasteiger partial charge on any atom is 0.228 e. The van der Waals surface area contributed by atoms with Gasteiger partial charge in [0, 0.05) is 32.7 Å². The highest BCUT2D eigenvalue weighted by Gasteiger charge is 2.20. The van der Waals surface area contributed by atoms with Crippen LogP contribution in [0.5, 0.6) is 0 Å². The van der Waals surface area contributed by atoms with Crippen LogP contribution in [0.3, 0.4) is 0 Å². The van der Waals surface area contributed by atoms with Crippen LogP contribution in [0.25, 0.3) is 0 Å². The molecule has 1 aliphatic heterocycles. The van der Waals surface area contributed by atoms with Crippen molar-refractivity contribution in [3.8, 4) is 0 Å². The van der Waals surface area contributed by atoms with E-state index in [1.807, 2.05) is 31.3 Å². The van der Waals surface area contributed by atoms with Crippen LogP contribution >= 0.6 is 0 Å². The number of sulfonamides is 1. The Hall–Kier alpha value is -0.990. The number of benzene rings is 1. The lowest BCUT2D eigenvalue weighted by atomic mass is 10.1. The molecule has 112 valence electrons. The van der Waals surface area contributed by atoms with Gasteiger partial charge in [0.1, 0.15) is 0 Å². The van der Waals surface area contributed by atoms with Gasteiger partial charge in [-0.3, -0.25) is 0 Å². The van der Waals surface area contributed by atoms with Crippen LogP contribution in [0.4, 0.5) is 0 Å². The van der Waals surface area contributed by atoms with Gasteiger partial charge in [0.05, 0.1) is 5.75 Å². The molecule has 20 heavy (non-hydrogen) atoms. The van der Waals surface area contributed by atoms with Crippen molar-refractivity contribution in [3.05, 3.63) is 35.4 Å². The lowest BCUT2D eigenvalue weighted by Crippen LogP contribution is -2.52. The van der Waals surface area contributed by atoms with Gasteiger partial charge in [-0.1, -0.05) is 24.3 Å². The monoisotopic (exact) mass is 298 g/mol. The first-order chi connectivity index (χ1) is 9.50. The average molecular weight is 298 g/mol. The number of likely N-dealkylation sites (N-methyl/N-ethyl adjacent to an activating group) is 1. The zero-order chi connectivity index (χ0) is 14.6. The SMILES string of the molecule is CN1CCN(NS(=O)(=O)Cc2ccccc2CN)CC1. The molecule has 0 bridgehead atoms. The number of rotatable bonds is 5. The van der Waals surface area contributed by atoms with Crippen molar-refractivity contribution in [2.24, 2.45) is 5.73 Å². The minimum atomic E-state index is -3.38. The Bertz CT molecular complexity index is 539. The number of piperazine rings is 1. The third kappa shape index (κ3) is 4.26. The molecule has 6 nitrogen and oxygen atoms in total. The Labute approximate surface area is 120 Å². The van der Waals surface area contributed by atoms with Gasteiger partial charge in [-0.2, -0.15) is 0 Å². The summed E-state index contributed by atoms with van der Waals surface area (Å²) in [6.45, 7) is 3.48. The normalized spacial score (nSPS) is 18.3. The molecule has 0 amide bonds. The van der Waals surface area contributed by atoms with Crippen LogP contribution in [-0.2, 0) is 22.3 Å². The average Bonchev–Trinajstić information content (AvgIpc) is 2.41. The summed E-state index contributed by atoms with van der Waals surface area (Å²) >= 11 is 0. The largest absolute Gasteiger partial charge is 0.326 e. The van der Waals surface area contributed by atoms with Crippen molar-refractivity contribution in [3.63, 3.8) is 0 Å². The molecular weight excluding hydrogens is 276 g/mol. The summed E-state index contributed by atoms with van der Waals surface area (Å²) in [6.07, 6.45) is 0. The number of nitrogens with two attached hydrogens (primary N) is 1. The van der Waals surface area contributed by atoms with Gasteiger partial charge in [-0.25, -0.2) is 13.4 Å². The first-order valence-corrected chi connectivity index (χ1v) is 8.36. The minimum Gasteiger partial charge on any atom is -0.326 e. The van der Waals surface area contributed by atoms with Crippen LogP contribution < -0.4 is 10.6 Å². The zero-order valence-corrected chi connectivity index (χ0v) is 12.6. The first-order valence-electron chi connectivity index (χ1n) is 6.70. The van der Waals surface area contributed by atoms with E-state index in [0.717, 1.165) is 24.2 Å². The molecule has 0 aromatic heterocycles. The molecule has 0 aliphatic carbocycles. The molecule has 7 heteroatoms. The first kappa shape index (κ1) is 15.4. The molecule has 1 heterocycles. The number of nitrogens with zero attached hydrogens (tertiary/aromatic N) is 2. The van der Waals surface area contributed by atoms with Gasteiger partial charge < -0.3 is 10.6 Å². The fraction of sp³-hybridized carbons (Fsp3) is 0.538. The Morgan fingerprint density at radius 3 is 2.35 bits per heavy atom. The zero-order valence-electron chi connectivity index (χ0n) is 11.7. The summed E-state index contributed by atoms with van der Waals surface area (Å²) in [5.41, 5.74) is 7.27. The van der Waals surface area contributed by atoms with E-state index in [-0.39, 0.29) is 5.75 Å².